The Morgan fingerprint density at radius 1 is 1.46 bits per heavy atom. The van der Waals surface area contributed by atoms with E-state index < -0.39 is 28.2 Å². The fraction of sp³-hybridized carbons (Fsp3) is 0.438. The van der Waals surface area contributed by atoms with Gasteiger partial charge in [0.15, 0.2) is 0 Å². The van der Waals surface area contributed by atoms with Crippen LogP contribution in [0.3, 0.4) is 0 Å². The predicted molar refractivity (Wildman–Crippen MR) is 93.5 cm³/mol. The van der Waals surface area contributed by atoms with Crippen molar-refractivity contribution in [3.63, 3.8) is 0 Å². The summed E-state index contributed by atoms with van der Waals surface area (Å²) >= 11 is 7.31. The Morgan fingerprint density at radius 3 is 2.93 bits per heavy atom. The van der Waals surface area contributed by atoms with Crippen LogP contribution in [-0.4, -0.2) is 59.4 Å². The van der Waals surface area contributed by atoms with Crippen LogP contribution in [0.25, 0.3) is 11.0 Å². The zero-order valence-electron chi connectivity index (χ0n) is 15.0. The van der Waals surface area contributed by atoms with Crippen molar-refractivity contribution in [2.24, 2.45) is 0 Å². The number of β-lactam (4-membered cyclic amide) rings is 1. The standard InChI is InChI=1S/C16H14ClN5O4S.Na/c1-15-6-16(15,14(25)26)22-12(24)11(13(22)27-15)18-10(23)5-21-9-3-2-7(17)4-8(9)19-20-21;/h2-4,11,13H,5-6H2,1H3,(H,18,23)(H,25,26);/q;+1/p-1/t11?,13-,15?,16?;/m1./s1. The number of nitrogens with one attached hydrogen (secondary N) is 1. The molecule has 12 heteroatoms. The minimum Gasteiger partial charge on any atom is -0.548 e. The monoisotopic (exact) mass is 429 g/mol. The first-order chi connectivity index (χ1) is 12.8. The number of carbonyl (C=O) groups is 3. The number of aliphatic carboxylic acids is 1. The minimum absolute atomic E-state index is 0. The third kappa shape index (κ3) is 2.48. The molecule has 2 saturated heterocycles. The number of thioether (sulfide) groups is 1. The smallest absolute Gasteiger partial charge is 0.548 e. The largest absolute Gasteiger partial charge is 1.00 e. The van der Waals surface area contributed by atoms with E-state index in [4.69, 9.17) is 11.6 Å². The molecule has 2 amide bonds. The van der Waals surface area contributed by atoms with Crippen molar-refractivity contribution >= 4 is 52.2 Å². The van der Waals surface area contributed by atoms with Gasteiger partial charge in [-0.3, -0.25) is 9.59 Å². The zero-order chi connectivity index (χ0) is 19.1. The molecule has 3 aliphatic rings. The van der Waals surface area contributed by atoms with Crippen LogP contribution in [-0.2, 0) is 20.9 Å². The van der Waals surface area contributed by atoms with Gasteiger partial charge in [0.25, 0.3) is 0 Å². The summed E-state index contributed by atoms with van der Waals surface area (Å²) in [7, 11) is 0. The maximum absolute atomic E-state index is 12.5. The van der Waals surface area contributed by atoms with Crippen molar-refractivity contribution in [3.05, 3.63) is 23.2 Å². The Labute approximate surface area is 190 Å². The molecule has 1 aromatic carbocycles. The number of fused-ring (bicyclic) bond motifs is 4. The number of carboxylic acids is 1. The minimum atomic E-state index is -1.23. The Bertz CT molecular complexity index is 1050. The molecule has 1 N–H and O–H groups in total. The van der Waals surface area contributed by atoms with Crippen LogP contribution in [0.1, 0.15) is 13.3 Å². The molecule has 5 rings (SSSR count). The number of amides is 2. The van der Waals surface area contributed by atoms with Gasteiger partial charge in [0.05, 0.1) is 17.0 Å². The molecule has 2 aromatic rings. The predicted octanol–water partition coefficient (Wildman–Crippen LogP) is -3.86. The molecule has 1 saturated carbocycles. The third-order valence-electron chi connectivity index (χ3n) is 5.60. The Kier molecular flexibility index (Phi) is 4.51. The summed E-state index contributed by atoms with van der Waals surface area (Å²) in [5.41, 5.74) is -0.0189. The van der Waals surface area contributed by atoms with E-state index in [0.717, 1.165) is 0 Å². The van der Waals surface area contributed by atoms with E-state index >= 15 is 0 Å². The van der Waals surface area contributed by atoms with Gasteiger partial charge in [-0.2, -0.15) is 0 Å². The molecule has 2 aliphatic heterocycles. The summed E-state index contributed by atoms with van der Waals surface area (Å²) in [6.07, 6.45) is 0.378. The molecule has 28 heavy (non-hydrogen) atoms. The van der Waals surface area contributed by atoms with Gasteiger partial charge in [0.2, 0.25) is 11.8 Å². The molecular weight excluding hydrogens is 417 g/mol. The second-order valence-corrected chi connectivity index (χ2v) is 9.25. The van der Waals surface area contributed by atoms with Crippen LogP contribution in [0.4, 0.5) is 0 Å². The third-order valence-corrected chi connectivity index (χ3v) is 7.56. The zero-order valence-corrected chi connectivity index (χ0v) is 18.6. The molecule has 4 atom stereocenters. The Morgan fingerprint density at radius 2 is 2.21 bits per heavy atom. The molecule has 3 heterocycles. The van der Waals surface area contributed by atoms with Gasteiger partial charge in [0.1, 0.15) is 23.5 Å². The van der Waals surface area contributed by atoms with Gasteiger partial charge in [-0.15, -0.1) is 16.9 Å². The second-order valence-electron chi connectivity index (χ2n) is 7.20. The summed E-state index contributed by atoms with van der Waals surface area (Å²) in [5, 5.41) is 22.3. The quantitative estimate of drug-likeness (QED) is 0.390. The van der Waals surface area contributed by atoms with Crippen LogP contribution >= 0.6 is 23.4 Å². The summed E-state index contributed by atoms with van der Waals surface area (Å²) in [6.45, 7) is 1.70. The molecule has 9 nitrogen and oxygen atoms in total. The van der Waals surface area contributed by atoms with E-state index in [1.54, 1.807) is 18.2 Å². The molecule has 3 fully saturated rings. The van der Waals surface area contributed by atoms with Crippen molar-refractivity contribution in [3.8, 4) is 0 Å². The van der Waals surface area contributed by atoms with Gasteiger partial charge < -0.3 is 20.1 Å². The number of rotatable bonds is 4. The number of halogens is 1. The average molecular weight is 430 g/mol. The van der Waals surface area contributed by atoms with E-state index in [1.165, 1.54) is 21.3 Å². The van der Waals surface area contributed by atoms with Crippen LogP contribution in [0.2, 0.25) is 5.02 Å². The van der Waals surface area contributed by atoms with Crippen molar-refractivity contribution in [1.82, 2.24) is 25.2 Å². The Balaban J connectivity index is 0.00000192. The van der Waals surface area contributed by atoms with E-state index in [2.05, 4.69) is 15.6 Å². The maximum atomic E-state index is 12.5. The number of aromatic nitrogens is 3. The van der Waals surface area contributed by atoms with Crippen molar-refractivity contribution in [2.75, 3.05) is 0 Å². The van der Waals surface area contributed by atoms with Crippen molar-refractivity contribution in [2.45, 2.75) is 41.6 Å². The number of nitrogens with zero attached hydrogens (tertiary/aromatic N) is 4. The number of hydrogen-bond acceptors (Lipinski definition) is 7. The van der Waals surface area contributed by atoms with Crippen LogP contribution in [0.15, 0.2) is 18.2 Å². The van der Waals surface area contributed by atoms with Gasteiger partial charge in [-0.05, 0) is 31.5 Å². The number of carbonyl (C=O) groups excluding carboxylic acids is 3. The molecule has 140 valence electrons. The molecule has 0 radical (unpaired) electrons. The van der Waals surface area contributed by atoms with Gasteiger partial charge >= 0.3 is 29.6 Å². The van der Waals surface area contributed by atoms with Crippen LogP contribution in [0, 0.1) is 0 Å². The normalized spacial score (nSPS) is 32.2. The molecule has 1 aliphatic carbocycles. The average Bonchev–Trinajstić information content (AvgIpc) is 2.92. The van der Waals surface area contributed by atoms with Crippen molar-refractivity contribution in [1.29, 1.82) is 0 Å². The van der Waals surface area contributed by atoms with Crippen LogP contribution < -0.4 is 40.0 Å². The molecule has 1 aromatic heterocycles. The number of carboxylic acid groups (broad SMARTS) is 1. The Hall–Kier alpha value is -1.33. The SMILES string of the molecule is CC12CC1(C(=O)[O-])N1C(=O)C(NC(=O)Cn3nnc4cc(Cl)ccc43)[C@H]1S2.[Na+]. The van der Waals surface area contributed by atoms with E-state index in [9.17, 15) is 19.5 Å². The first-order valence-electron chi connectivity index (χ1n) is 8.27. The van der Waals surface area contributed by atoms with Crippen LogP contribution in [0.5, 0.6) is 0 Å². The molecule has 0 spiro atoms. The molecule has 0 bridgehead atoms. The second kappa shape index (κ2) is 6.33. The molecular formula is C16H13ClN5NaO4S. The number of benzene rings is 1. The van der Waals surface area contributed by atoms with E-state index in [1.807, 2.05) is 6.92 Å². The topological polar surface area (TPSA) is 120 Å². The number of hydrogen-bond donors (Lipinski definition) is 1. The van der Waals surface area contributed by atoms with Gasteiger partial charge in [-0.25, -0.2) is 4.68 Å². The summed E-state index contributed by atoms with van der Waals surface area (Å²) < 4.78 is 0.873. The van der Waals surface area contributed by atoms with Crippen molar-refractivity contribution < 1.29 is 49.0 Å². The summed E-state index contributed by atoms with van der Waals surface area (Å²) in [5.74, 6) is -2.02. The van der Waals surface area contributed by atoms with E-state index in [-0.39, 0.29) is 47.4 Å². The fourth-order valence-corrected chi connectivity index (χ4v) is 6.19. The van der Waals surface area contributed by atoms with E-state index in [0.29, 0.717) is 22.5 Å². The fourth-order valence-electron chi connectivity index (χ4n) is 4.12. The maximum Gasteiger partial charge on any atom is 1.00 e. The summed E-state index contributed by atoms with van der Waals surface area (Å²) in [4.78, 5) is 37.8. The first-order valence-corrected chi connectivity index (χ1v) is 9.53. The molecule has 3 unspecified atom stereocenters. The summed E-state index contributed by atoms with van der Waals surface area (Å²) in [6, 6.07) is 4.29. The van der Waals surface area contributed by atoms with Gasteiger partial charge in [0, 0.05) is 9.77 Å². The first kappa shape index (κ1) is 20.0. The van der Waals surface area contributed by atoms with Gasteiger partial charge in [-0.1, -0.05) is 16.8 Å².